The summed E-state index contributed by atoms with van der Waals surface area (Å²) in [6.45, 7) is 0.865. The number of halogens is 2. The summed E-state index contributed by atoms with van der Waals surface area (Å²) in [5, 5.41) is 10.1. The van der Waals surface area contributed by atoms with Gasteiger partial charge in [-0.05, 0) is 30.3 Å². The molecule has 0 spiro atoms. The average molecular weight is 277 g/mol. The number of likely N-dealkylation sites (N-methyl/N-ethyl adjacent to an activating group) is 1. The van der Waals surface area contributed by atoms with Gasteiger partial charge in [-0.15, -0.1) is 0 Å². The minimum Gasteiger partial charge on any atom is -0.387 e. The van der Waals surface area contributed by atoms with Crippen LogP contribution in [0.5, 0.6) is 0 Å². The maximum absolute atomic E-state index is 13.1. The second-order valence-corrected chi connectivity index (χ2v) is 4.87. The van der Waals surface area contributed by atoms with E-state index in [1.807, 2.05) is 42.3 Å². The number of benzene rings is 2. The van der Waals surface area contributed by atoms with Crippen LogP contribution in [0.15, 0.2) is 48.5 Å². The Labute approximate surface area is 117 Å². The lowest BCUT2D eigenvalue weighted by molar-refractivity contribution is 0.124. The van der Waals surface area contributed by atoms with Crippen LogP contribution in [-0.4, -0.2) is 23.6 Å². The highest BCUT2D eigenvalue weighted by Crippen LogP contribution is 2.15. The molecule has 20 heavy (non-hydrogen) atoms. The maximum atomic E-state index is 13.1. The molecule has 0 aliphatic carbocycles. The molecule has 0 heterocycles. The minimum absolute atomic E-state index is 0.420. The summed E-state index contributed by atoms with van der Waals surface area (Å²) in [7, 11) is 1.83. The van der Waals surface area contributed by atoms with Gasteiger partial charge in [0.15, 0.2) is 11.6 Å². The first-order valence-corrected chi connectivity index (χ1v) is 6.42. The molecule has 0 aromatic heterocycles. The van der Waals surface area contributed by atoms with E-state index in [1.165, 1.54) is 6.07 Å². The molecule has 2 nitrogen and oxygen atoms in total. The summed E-state index contributed by atoms with van der Waals surface area (Å²) in [6, 6.07) is 13.2. The van der Waals surface area contributed by atoms with Crippen LogP contribution in [0.2, 0.25) is 0 Å². The van der Waals surface area contributed by atoms with Crippen molar-refractivity contribution in [3.05, 3.63) is 71.3 Å². The van der Waals surface area contributed by atoms with E-state index in [2.05, 4.69) is 0 Å². The molecule has 4 heteroatoms. The summed E-state index contributed by atoms with van der Waals surface area (Å²) in [6.07, 6.45) is -0.605. The number of hydrogen-bond acceptors (Lipinski definition) is 2. The SMILES string of the molecule is CN(Cc1ccc(F)c(F)c1)C[C@@H](O)c1ccccc1. The third-order valence-electron chi connectivity index (χ3n) is 3.11. The van der Waals surface area contributed by atoms with Crippen LogP contribution in [0.4, 0.5) is 8.78 Å². The summed E-state index contributed by atoms with van der Waals surface area (Å²) < 4.78 is 26.0. The van der Waals surface area contributed by atoms with Crippen LogP contribution in [0, 0.1) is 11.6 Å². The monoisotopic (exact) mass is 277 g/mol. The molecule has 0 amide bonds. The Bertz CT molecular complexity index is 560. The number of aliphatic hydroxyl groups excluding tert-OH is 1. The van der Waals surface area contributed by atoms with Gasteiger partial charge in [-0.2, -0.15) is 0 Å². The molecular formula is C16H17F2NO. The van der Waals surface area contributed by atoms with Gasteiger partial charge >= 0.3 is 0 Å². The molecule has 0 aliphatic heterocycles. The van der Waals surface area contributed by atoms with Gasteiger partial charge in [0, 0.05) is 13.1 Å². The summed E-state index contributed by atoms with van der Waals surface area (Å²) in [5.74, 6) is -1.69. The first-order chi connectivity index (χ1) is 9.56. The molecule has 1 atom stereocenters. The van der Waals surface area contributed by atoms with Crippen molar-refractivity contribution in [1.29, 1.82) is 0 Å². The Morgan fingerprint density at radius 3 is 2.40 bits per heavy atom. The van der Waals surface area contributed by atoms with Crippen molar-refractivity contribution in [1.82, 2.24) is 4.90 Å². The van der Waals surface area contributed by atoms with Crippen molar-refractivity contribution in [2.45, 2.75) is 12.6 Å². The lowest BCUT2D eigenvalue weighted by Crippen LogP contribution is -2.24. The molecule has 0 fully saturated rings. The standard InChI is InChI=1S/C16H17F2NO/c1-19(10-12-7-8-14(17)15(18)9-12)11-16(20)13-5-3-2-4-6-13/h2-9,16,20H,10-11H2,1H3/t16-/m1/s1. The Hall–Kier alpha value is -1.78. The summed E-state index contributed by atoms with van der Waals surface area (Å²) >= 11 is 0. The van der Waals surface area contributed by atoms with Gasteiger partial charge in [-0.1, -0.05) is 36.4 Å². The second kappa shape index (κ2) is 6.59. The first kappa shape index (κ1) is 14.6. The minimum atomic E-state index is -0.848. The highest BCUT2D eigenvalue weighted by molar-refractivity contribution is 5.19. The number of hydrogen-bond donors (Lipinski definition) is 1. The van der Waals surface area contributed by atoms with Crippen molar-refractivity contribution in [2.24, 2.45) is 0 Å². The van der Waals surface area contributed by atoms with E-state index >= 15 is 0 Å². The largest absolute Gasteiger partial charge is 0.387 e. The van der Waals surface area contributed by atoms with Crippen LogP contribution in [0.1, 0.15) is 17.2 Å². The van der Waals surface area contributed by atoms with Crippen LogP contribution < -0.4 is 0 Å². The Balaban J connectivity index is 1.95. The normalized spacial score (nSPS) is 12.7. The molecule has 1 N–H and O–H groups in total. The number of rotatable bonds is 5. The molecule has 106 valence electrons. The van der Waals surface area contributed by atoms with E-state index in [0.717, 1.165) is 11.6 Å². The Morgan fingerprint density at radius 2 is 1.75 bits per heavy atom. The molecular weight excluding hydrogens is 260 g/mol. The van der Waals surface area contributed by atoms with E-state index in [0.29, 0.717) is 18.7 Å². The molecule has 0 radical (unpaired) electrons. The lowest BCUT2D eigenvalue weighted by Gasteiger charge is -2.21. The van der Waals surface area contributed by atoms with Gasteiger partial charge in [-0.25, -0.2) is 8.78 Å². The average Bonchev–Trinajstić information content (AvgIpc) is 2.44. The summed E-state index contributed by atoms with van der Waals surface area (Å²) in [5.41, 5.74) is 1.51. The molecule has 0 saturated heterocycles. The lowest BCUT2D eigenvalue weighted by atomic mass is 10.1. The topological polar surface area (TPSA) is 23.5 Å². The fourth-order valence-electron chi connectivity index (χ4n) is 2.09. The van der Waals surface area contributed by atoms with Gasteiger partial charge in [0.25, 0.3) is 0 Å². The van der Waals surface area contributed by atoms with E-state index in [1.54, 1.807) is 6.07 Å². The van der Waals surface area contributed by atoms with Crippen molar-refractivity contribution < 1.29 is 13.9 Å². The van der Waals surface area contributed by atoms with E-state index in [4.69, 9.17) is 0 Å². The highest BCUT2D eigenvalue weighted by atomic mass is 19.2. The molecule has 0 saturated carbocycles. The quantitative estimate of drug-likeness (QED) is 0.907. The van der Waals surface area contributed by atoms with Gasteiger partial charge in [0.1, 0.15) is 0 Å². The summed E-state index contributed by atoms with van der Waals surface area (Å²) in [4.78, 5) is 1.87. The van der Waals surface area contributed by atoms with Gasteiger partial charge in [0.2, 0.25) is 0 Å². The second-order valence-electron chi connectivity index (χ2n) is 4.87. The van der Waals surface area contributed by atoms with Crippen LogP contribution >= 0.6 is 0 Å². The Morgan fingerprint density at radius 1 is 1.05 bits per heavy atom. The van der Waals surface area contributed by atoms with E-state index in [9.17, 15) is 13.9 Å². The molecule has 0 unspecified atom stereocenters. The molecule has 2 aromatic rings. The zero-order chi connectivity index (χ0) is 14.5. The van der Waals surface area contributed by atoms with E-state index in [-0.39, 0.29) is 0 Å². The van der Waals surface area contributed by atoms with Crippen LogP contribution in [0.3, 0.4) is 0 Å². The van der Waals surface area contributed by atoms with Crippen molar-refractivity contribution in [2.75, 3.05) is 13.6 Å². The Kier molecular flexibility index (Phi) is 4.82. The van der Waals surface area contributed by atoms with Crippen molar-refractivity contribution in [3.8, 4) is 0 Å². The third kappa shape index (κ3) is 3.85. The van der Waals surface area contributed by atoms with Gasteiger partial charge < -0.3 is 5.11 Å². The van der Waals surface area contributed by atoms with Gasteiger partial charge in [0.05, 0.1) is 6.10 Å². The van der Waals surface area contributed by atoms with Crippen molar-refractivity contribution in [3.63, 3.8) is 0 Å². The zero-order valence-corrected chi connectivity index (χ0v) is 11.3. The molecule has 2 rings (SSSR count). The number of nitrogens with zero attached hydrogens (tertiary/aromatic N) is 1. The first-order valence-electron chi connectivity index (χ1n) is 6.42. The maximum Gasteiger partial charge on any atom is 0.159 e. The highest BCUT2D eigenvalue weighted by Gasteiger charge is 2.11. The fraction of sp³-hybridized carbons (Fsp3) is 0.250. The fourth-order valence-corrected chi connectivity index (χ4v) is 2.09. The predicted octanol–water partition coefficient (Wildman–Crippen LogP) is 3.13. The zero-order valence-electron chi connectivity index (χ0n) is 11.3. The van der Waals surface area contributed by atoms with Crippen molar-refractivity contribution >= 4 is 0 Å². The molecule has 0 bridgehead atoms. The smallest absolute Gasteiger partial charge is 0.159 e. The van der Waals surface area contributed by atoms with Crippen LogP contribution in [-0.2, 0) is 6.54 Å². The molecule has 0 aliphatic rings. The predicted molar refractivity (Wildman–Crippen MR) is 74.1 cm³/mol. The third-order valence-corrected chi connectivity index (χ3v) is 3.11. The van der Waals surface area contributed by atoms with Crippen LogP contribution in [0.25, 0.3) is 0 Å². The van der Waals surface area contributed by atoms with Gasteiger partial charge in [-0.3, -0.25) is 4.90 Å². The molecule has 2 aromatic carbocycles. The van der Waals surface area contributed by atoms with E-state index < -0.39 is 17.7 Å². The number of aliphatic hydroxyl groups is 1.